The summed E-state index contributed by atoms with van der Waals surface area (Å²) in [6.45, 7) is 7.59. The Morgan fingerprint density at radius 3 is 3.00 bits per heavy atom. The van der Waals surface area contributed by atoms with Crippen LogP contribution in [-0.2, 0) is 14.3 Å². The molecule has 0 aromatic rings. The molecule has 3 nitrogen and oxygen atoms in total. The second-order valence-corrected chi connectivity index (χ2v) is 3.47. The van der Waals surface area contributed by atoms with E-state index in [1.807, 2.05) is 0 Å². The van der Waals surface area contributed by atoms with Crippen LogP contribution in [0.2, 0.25) is 0 Å². The van der Waals surface area contributed by atoms with Gasteiger partial charge in [-0.15, -0.1) is 6.58 Å². The van der Waals surface area contributed by atoms with Crippen molar-refractivity contribution in [1.82, 2.24) is 0 Å². The molecule has 1 heterocycles. The summed E-state index contributed by atoms with van der Waals surface area (Å²) in [6, 6.07) is 0. The molecule has 0 amide bonds. The molecule has 1 fully saturated rings. The van der Waals surface area contributed by atoms with Gasteiger partial charge in [0, 0.05) is 0 Å². The van der Waals surface area contributed by atoms with E-state index in [9.17, 15) is 4.79 Å². The van der Waals surface area contributed by atoms with Gasteiger partial charge in [-0.05, 0) is 12.8 Å². The molecular formula is C11H16O3. The number of carbonyl (C=O) groups is 1. The van der Waals surface area contributed by atoms with E-state index in [1.165, 1.54) is 7.11 Å². The first-order valence-corrected chi connectivity index (χ1v) is 4.67. The number of esters is 1. The van der Waals surface area contributed by atoms with E-state index in [0.717, 1.165) is 18.4 Å². The maximum atomic E-state index is 11.0. The molecule has 78 valence electrons. The lowest BCUT2D eigenvalue weighted by Gasteiger charge is -2.29. The molecule has 0 aromatic heterocycles. The van der Waals surface area contributed by atoms with Crippen molar-refractivity contribution in [2.45, 2.75) is 31.5 Å². The molecule has 1 rings (SSSR count). The minimum Gasteiger partial charge on any atom is -0.469 e. The largest absolute Gasteiger partial charge is 0.469 e. The van der Waals surface area contributed by atoms with Gasteiger partial charge >= 0.3 is 5.97 Å². The molecular weight excluding hydrogens is 180 g/mol. The predicted molar refractivity (Wildman–Crippen MR) is 53.9 cm³/mol. The summed E-state index contributed by atoms with van der Waals surface area (Å²) in [7, 11) is 1.38. The van der Waals surface area contributed by atoms with Crippen molar-refractivity contribution in [2.24, 2.45) is 0 Å². The highest BCUT2D eigenvalue weighted by Crippen LogP contribution is 2.25. The van der Waals surface area contributed by atoms with Gasteiger partial charge in [-0.2, -0.15) is 0 Å². The summed E-state index contributed by atoms with van der Waals surface area (Å²) in [5, 5.41) is 0. The Morgan fingerprint density at radius 2 is 2.43 bits per heavy atom. The lowest BCUT2D eigenvalue weighted by Crippen LogP contribution is -2.29. The average Bonchev–Trinajstić information content (AvgIpc) is 2.16. The van der Waals surface area contributed by atoms with Crippen LogP contribution in [0.4, 0.5) is 0 Å². The van der Waals surface area contributed by atoms with E-state index in [4.69, 9.17) is 4.74 Å². The third-order valence-corrected chi connectivity index (χ3v) is 2.26. The fourth-order valence-corrected chi connectivity index (χ4v) is 1.56. The highest BCUT2D eigenvalue weighted by Gasteiger charge is 2.24. The maximum Gasteiger partial charge on any atom is 0.308 e. The molecule has 0 bridgehead atoms. The normalized spacial score (nSPS) is 27.1. The fraction of sp³-hybridized carbons (Fsp3) is 0.545. The van der Waals surface area contributed by atoms with Gasteiger partial charge in [0.05, 0.1) is 25.7 Å². The molecule has 0 spiro atoms. The Balaban J connectivity index is 2.48. The Kier molecular flexibility index (Phi) is 3.89. The van der Waals surface area contributed by atoms with Crippen molar-refractivity contribution in [2.75, 3.05) is 7.11 Å². The van der Waals surface area contributed by atoms with Gasteiger partial charge in [0.2, 0.25) is 0 Å². The van der Waals surface area contributed by atoms with Crippen molar-refractivity contribution in [3.63, 3.8) is 0 Å². The van der Waals surface area contributed by atoms with E-state index >= 15 is 0 Å². The number of hydrogen-bond acceptors (Lipinski definition) is 3. The minimum absolute atomic E-state index is 0.00842. The predicted octanol–water partition coefficient (Wildman–Crippen LogP) is 1.84. The van der Waals surface area contributed by atoms with Gasteiger partial charge in [0.15, 0.2) is 0 Å². The minimum atomic E-state index is -0.243. The Labute approximate surface area is 84.4 Å². The molecule has 1 aliphatic rings. The molecule has 0 radical (unpaired) electrons. The Bertz CT molecular complexity index is 245. The second kappa shape index (κ2) is 4.96. The average molecular weight is 196 g/mol. The van der Waals surface area contributed by atoms with Crippen molar-refractivity contribution >= 4 is 5.97 Å². The Hall–Kier alpha value is -1.09. The summed E-state index contributed by atoms with van der Waals surface area (Å²) in [5.41, 5.74) is 1.11. The maximum absolute atomic E-state index is 11.0. The molecule has 0 saturated carbocycles. The number of methoxy groups -OCH3 is 1. The molecule has 0 aliphatic carbocycles. The third kappa shape index (κ3) is 3.00. The standard InChI is InChI=1S/C11H16O3/c1-4-9-5-8(2)6-10(14-9)7-11(12)13-3/h4,9-10H,1-2,5-7H2,3H3/t9-,10+/m1/s1. The van der Waals surface area contributed by atoms with E-state index in [2.05, 4.69) is 17.9 Å². The molecule has 0 aromatic carbocycles. The smallest absolute Gasteiger partial charge is 0.308 e. The fourth-order valence-electron chi connectivity index (χ4n) is 1.56. The van der Waals surface area contributed by atoms with Crippen molar-refractivity contribution in [3.8, 4) is 0 Å². The molecule has 3 heteroatoms. The number of carbonyl (C=O) groups excluding carboxylic acids is 1. The molecule has 0 unspecified atom stereocenters. The van der Waals surface area contributed by atoms with Crippen LogP contribution in [0.5, 0.6) is 0 Å². The number of hydrogen-bond donors (Lipinski definition) is 0. The van der Waals surface area contributed by atoms with Crippen molar-refractivity contribution in [1.29, 1.82) is 0 Å². The van der Waals surface area contributed by atoms with E-state index in [1.54, 1.807) is 6.08 Å². The molecule has 2 atom stereocenters. The SMILES string of the molecule is C=C[C@@H]1CC(=C)C[C@@H](CC(=O)OC)O1. The van der Waals surface area contributed by atoms with Crippen LogP contribution in [0.3, 0.4) is 0 Å². The zero-order valence-electron chi connectivity index (χ0n) is 8.49. The summed E-state index contributed by atoms with van der Waals surface area (Å²) in [4.78, 5) is 11.0. The third-order valence-electron chi connectivity index (χ3n) is 2.26. The summed E-state index contributed by atoms with van der Waals surface area (Å²) >= 11 is 0. The molecule has 1 saturated heterocycles. The van der Waals surface area contributed by atoms with Gasteiger partial charge in [0.1, 0.15) is 0 Å². The van der Waals surface area contributed by atoms with Gasteiger partial charge in [0.25, 0.3) is 0 Å². The monoisotopic (exact) mass is 196 g/mol. The van der Waals surface area contributed by atoms with Crippen LogP contribution in [0, 0.1) is 0 Å². The van der Waals surface area contributed by atoms with Gasteiger partial charge < -0.3 is 9.47 Å². The van der Waals surface area contributed by atoms with Crippen LogP contribution in [0.25, 0.3) is 0 Å². The summed E-state index contributed by atoms with van der Waals surface area (Å²) in [5.74, 6) is -0.243. The molecule has 14 heavy (non-hydrogen) atoms. The zero-order chi connectivity index (χ0) is 10.6. The van der Waals surface area contributed by atoms with Gasteiger partial charge in [-0.1, -0.05) is 18.2 Å². The van der Waals surface area contributed by atoms with Crippen LogP contribution in [0.15, 0.2) is 24.8 Å². The van der Waals surface area contributed by atoms with Crippen molar-refractivity contribution < 1.29 is 14.3 Å². The topological polar surface area (TPSA) is 35.5 Å². The van der Waals surface area contributed by atoms with Crippen LogP contribution < -0.4 is 0 Å². The summed E-state index contributed by atoms with van der Waals surface area (Å²) < 4.78 is 10.2. The number of rotatable bonds is 3. The molecule has 1 aliphatic heterocycles. The lowest BCUT2D eigenvalue weighted by atomic mass is 9.97. The van der Waals surface area contributed by atoms with Crippen LogP contribution in [-0.4, -0.2) is 25.3 Å². The first kappa shape index (κ1) is 11.0. The first-order valence-electron chi connectivity index (χ1n) is 4.67. The highest BCUT2D eigenvalue weighted by atomic mass is 16.5. The van der Waals surface area contributed by atoms with Crippen LogP contribution in [0.1, 0.15) is 19.3 Å². The summed E-state index contributed by atoms with van der Waals surface area (Å²) in [6.07, 6.45) is 3.47. The van der Waals surface area contributed by atoms with Crippen molar-refractivity contribution in [3.05, 3.63) is 24.8 Å². The zero-order valence-corrected chi connectivity index (χ0v) is 8.49. The first-order chi connectivity index (χ1) is 6.65. The van der Waals surface area contributed by atoms with Crippen LogP contribution >= 0.6 is 0 Å². The Morgan fingerprint density at radius 1 is 1.71 bits per heavy atom. The quantitative estimate of drug-likeness (QED) is 0.510. The second-order valence-electron chi connectivity index (χ2n) is 3.47. The highest BCUT2D eigenvalue weighted by molar-refractivity contribution is 5.69. The molecule has 0 N–H and O–H groups in total. The van der Waals surface area contributed by atoms with E-state index < -0.39 is 0 Å². The van der Waals surface area contributed by atoms with Gasteiger partial charge in [-0.25, -0.2) is 0 Å². The lowest BCUT2D eigenvalue weighted by molar-refractivity contribution is -0.145. The number of ether oxygens (including phenoxy) is 2. The van der Waals surface area contributed by atoms with E-state index in [0.29, 0.717) is 6.42 Å². The van der Waals surface area contributed by atoms with Gasteiger partial charge in [-0.3, -0.25) is 4.79 Å². The van der Waals surface area contributed by atoms with E-state index in [-0.39, 0.29) is 18.2 Å².